The van der Waals surface area contributed by atoms with E-state index in [0.29, 0.717) is 67.0 Å². The summed E-state index contributed by atoms with van der Waals surface area (Å²) in [5.41, 5.74) is 1.79. The molecule has 4 aromatic rings. The number of hydrogen-bond donors (Lipinski definition) is 2. The van der Waals surface area contributed by atoms with Crippen molar-refractivity contribution in [2.24, 2.45) is 5.92 Å². The first-order valence-corrected chi connectivity index (χ1v) is 16.8. The second kappa shape index (κ2) is 15.6. The highest BCUT2D eigenvalue weighted by Gasteiger charge is 2.30. The maximum absolute atomic E-state index is 13.8. The van der Waals surface area contributed by atoms with Gasteiger partial charge in [-0.2, -0.15) is 16.9 Å². The van der Waals surface area contributed by atoms with Crippen LogP contribution in [0.15, 0.2) is 67.1 Å². The summed E-state index contributed by atoms with van der Waals surface area (Å²) in [7, 11) is 0. The third kappa shape index (κ3) is 8.13. The zero-order valence-electron chi connectivity index (χ0n) is 26.3. The van der Waals surface area contributed by atoms with Crippen molar-refractivity contribution in [3.8, 4) is 22.9 Å². The first-order chi connectivity index (χ1) is 22.3. The fourth-order valence-corrected chi connectivity index (χ4v) is 5.69. The van der Waals surface area contributed by atoms with Gasteiger partial charge >= 0.3 is 0 Å². The second-order valence-electron chi connectivity index (χ2n) is 11.4. The Morgan fingerprint density at radius 3 is 2.41 bits per heavy atom. The number of amides is 3. The summed E-state index contributed by atoms with van der Waals surface area (Å²) in [6.07, 6.45) is 7.72. The Morgan fingerprint density at radius 1 is 0.957 bits per heavy atom. The molecule has 3 aromatic heterocycles. The Hall–Kier alpha value is -4.65. The third-order valence-corrected chi connectivity index (χ3v) is 8.37. The number of thioether (sulfide) groups is 1. The van der Waals surface area contributed by atoms with Gasteiger partial charge in [-0.05, 0) is 42.9 Å². The van der Waals surface area contributed by atoms with Crippen molar-refractivity contribution in [2.75, 3.05) is 25.1 Å². The zero-order valence-corrected chi connectivity index (χ0v) is 27.1. The highest BCUT2D eigenvalue weighted by molar-refractivity contribution is 7.98. The summed E-state index contributed by atoms with van der Waals surface area (Å²) >= 11 is 1.62. The summed E-state index contributed by atoms with van der Waals surface area (Å²) in [6, 6.07) is 14.0. The largest absolute Gasteiger partial charge is 0.344 e. The molecule has 240 valence electrons. The summed E-state index contributed by atoms with van der Waals surface area (Å²) in [5.74, 6) is 1.48. The quantitative estimate of drug-likeness (QED) is 0.308. The Bertz CT molecular complexity index is 1610. The molecule has 13 heteroatoms. The highest BCUT2D eigenvalue weighted by atomic mass is 32.2. The predicted molar refractivity (Wildman–Crippen MR) is 177 cm³/mol. The molecule has 1 aromatic carbocycles. The fraction of sp³-hybridized carbons (Fsp3) is 0.394. The summed E-state index contributed by atoms with van der Waals surface area (Å²) < 4.78 is 1.79. The van der Waals surface area contributed by atoms with Crippen LogP contribution in [0.4, 0.5) is 0 Å². The van der Waals surface area contributed by atoms with Crippen LogP contribution in [-0.4, -0.2) is 83.5 Å². The Kier molecular flexibility index (Phi) is 11.1. The molecule has 2 N–H and O–H groups in total. The molecule has 0 radical (unpaired) electrons. The van der Waals surface area contributed by atoms with Gasteiger partial charge in [0.15, 0.2) is 17.5 Å². The topological polar surface area (TPSA) is 148 Å². The average Bonchev–Trinajstić information content (AvgIpc) is 3.50. The van der Waals surface area contributed by atoms with E-state index in [1.54, 1.807) is 33.6 Å². The van der Waals surface area contributed by atoms with Crippen LogP contribution in [0.1, 0.15) is 55.3 Å². The number of benzene rings is 1. The average molecular weight is 642 g/mol. The maximum atomic E-state index is 13.8. The van der Waals surface area contributed by atoms with E-state index in [2.05, 4.69) is 25.6 Å². The number of fused-ring (bicyclic) bond motifs is 1. The second-order valence-corrected chi connectivity index (χ2v) is 12.4. The Morgan fingerprint density at radius 2 is 1.72 bits per heavy atom. The van der Waals surface area contributed by atoms with Crippen molar-refractivity contribution < 1.29 is 14.4 Å². The fourth-order valence-electron chi connectivity index (χ4n) is 5.22. The van der Waals surface area contributed by atoms with Gasteiger partial charge in [0.25, 0.3) is 5.91 Å². The molecule has 0 aliphatic carbocycles. The minimum Gasteiger partial charge on any atom is -0.344 e. The molecule has 46 heavy (non-hydrogen) atoms. The van der Waals surface area contributed by atoms with E-state index in [0.717, 1.165) is 5.56 Å². The van der Waals surface area contributed by atoms with Crippen LogP contribution >= 0.6 is 11.8 Å². The highest BCUT2D eigenvalue weighted by Crippen LogP contribution is 2.25. The van der Waals surface area contributed by atoms with Crippen LogP contribution in [-0.2, 0) is 16.1 Å². The van der Waals surface area contributed by atoms with E-state index >= 15 is 0 Å². The number of rotatable bonds is 7. The van der Waals surface area contributed by atoms with Crippen LogP contribution in [0.25, 0.3) is 22.9 Å². The van der Waals surface area contributed by atoms with Gasteiger partial charge in [-0.1, -0.05) is 50.2 Å². The first kappa shape index (κ1) is 32.7. The molecule has 0 saturated carbocycles. The van der Waals surface area contributed by atoms with Crippen molar-refractivity contribution in [2.45, 2.75) is 51.7 Å². The van der Waals surface area contributed by atoms with Gasteiger partial charge < -0.3 is 15.5 Å². The number of nitrogens with one attached hydrogen (secondary N) is 2. The minimum absolute atomic E-state index is 0.0344. The van der Waals surface area contributed by atoms with Crippen LogP contribution in [0.2, 0.25) is 0 Å². The van der Waals surface area contributed by atoms with E-state index in [1.165, 1.54) is 12.4 Å². The van der Waals surface area contributed by atoms with Gasteiger partial charge in [0.2, 0.25) is 11.8 Å². The zero-order chi connectivity index (χ0) is 32.5. The van der Waals surface area contributed by atoms with Crippen LogP contribution in [0.5, 0.6) is 0 Å². The number of hydrogen-bond acceptors (Lipinski definition) is 9. The van der Waals surface area contributed by atoms with E-state index in [4.69, 9.17) is 10.1 Å². The van der Waals surface area contributed by atoms with Gasteiger partial charge in [-0.25, -0.2) is 19.6 Å². The van der Waals surface area contributed by atoms with Crippen molar-refractivity contribution in [3.05, 3.63) is 78.5 Å². The molecule has 0 unspecified atom stereocenters. The molecule has 1 aliphatic heterocycles. The van der Waals surface area contributed by atoms with E-state index in [-0.39, 0.29) is 30.1 Å². The monoisotopic (exact) mass is 641 g/mol. The molecule has 0 fully saturated rings. The van der Waals surface area contributed by atoms with Gasteiger partial charge in [-0.3, -0.25) is 19.4 Å². The van der Waals surface area contributed by atoms with Gasteiger partial charge in [0.1, 0.15) is 11.7 Å². The molecule has 0 spiro atoms. The number of carbonyl (C=O) groups is 3. The molecular formula is C33H39N9O3S. The molecule has 3 amide bonds. The van der Waals surface area contributed by atoms with Gasteiger partial charge in [-0.15, -0.1) is 0 Å². The maximum Gasteiger partial charge on any atom is 0.257 e. The molecule has 2 atom stereocenters. The summed E-state index contributed by atoms with van der Waals surface area (Å²) in [5, 5.41) is 10.9. The molecule has 1 aliphatic rings. The van der Waals surface area contributed by atoms with Crippen molar-refractivity contribution in [1.29, 1.82) is 0 Å². The summed E-state index contributed by atoms with van der Waals surface area (Å²) in [6.45, 7) is 4.96. The predicted octanol–water partition coefficient (Wildman–Crippen LogP) is 3.78. The molecule has 0 saturated heterocycles. The van der Waals surface area contributed by atoms with Crippen molar-refractivity contribution in [3.63, 3.8) is 0 Å². The molecule has 0 bridgehead atoms. The van der Waals surface area contributed by atoms with E-state index in [1.807, 2.05) is 62.6 Å². The lowest BCUT2D eigenvalue weighted by molar-refractivity contribution is -0.129. The number of carbonyl (C=O) groups excluding carboxylic acids is 3. The number of pyridine rings is 1. The lowest BCUT2D eigenvalue weighted by Gasteiger charge is -2.28. The lowest BCUT2D eigenvalue weighted by Crippen LogP contribution is -2.49. The molecule has 12 nitrogen and oxygen atoms in total. The lowest BCUT2D eigenvalue weighted by atomic mass is 10.0. The molecule has 4 heterocycles. The van der Waals surface area contributed by atoms with E-state index in [9.17, 15) is 14.4 Å². The third-order valence-electron chi connectivity index (χ3n) is 7.73. The Labute approximate surface area is 272 Å². The Balaban J connectivity index is 1.48. The van der Waals surface area contributed by atoms with Gasteiger partial charge in [0, 0.05) is 43.7 Å². The molecule has 5 rings (SSSR count). The minimum atomic E-state index is -0.693. The normalized spacial score (nSPS) is 18.0. The standard InChI is InChI=1S/C33H39N9O3S/c1-22(2)28-31-39-29(23-10-5-4-6-11-23)40-42(31)18-17-41(16-9-13-27(43)37-26(14-19-46-3)32(44)38-28)33(45)24-20-35-30(36-21-24)25-12-7-8-15-34-25/h4-8,10-12,15,20-22,26,28H,9,13-14,16-19H2,1-3H3,(H,37,43)(H,38,44)/t26-,28+/m0/s1. The van der Waals surface area contributed by atoms with Crippen LogP contribution in [0.3, 0.4) is 0 Å². The van der Waals surface area contributed by atoms with Crippen LogP contribution < -0.4 is 10.6 Å². The number of aromatic nitrogens is 6. The van der Waals surface area contributed by atoms with Gasteiger partial charge in [0.05, 0.1) is 18.2 Å². The smallest absolute Gasteiger partial charge is 0.257 e. The molecular weight excluding hydrogens is 602 g/mol. The first-order valence-electron chi connectivity index (χ1n) is 15.5. The van der Waals surface area contributed by atoms with Crippen molar-refractivity contribution in [1.82, 2.24) is 45.2 Å². The van der Waals surface area contributed by atoms with Crippen molar-refractivity contribution >= 4 is 29.5 Å². The summed E-state index contributed by atoms with van der Waals surface area (Å²) in [4.78, 5) is 60.1. The number of nitrogens with zero attached hydrogens (tertiary/aromatic N) is 7. The van der Waals surface area contributed by atoms with Crippen LogP contribution in [0, 0.1) is 5.92 Å². The SMILES string of the molecule is CSCC[C@@H]1NC(=O)CCCN(C(=O)c2cnc(-c3ccccn3)nc2)CCn2nc(-c3ccccc3)nc2[C@@H](C(C)C)NC1=O. The van der Waals surface area contributed by atoms with E-state index < -0.39 is 12.1 Å².